The molecule has 2 nitrogen and oxygen atoms in total. The number of benzene rings is 1. The van der Waals surface area contributed by atoms with Crippen LogP contribution in [-0.2, 0) is 11.3 Å². The summed E-state index contributed by atoms with van der Waals surface area (Å²) in [5.74, 6) is -0.479. The van der Waals surface area contributed by atoms with Gasteiger partial charge in [-0.05, 0) is 18.2 Å². The molecule has 2 rings (SSSR count). The molecule has 0 aliphatic heterocycles. The maximum atomic E-state index is 13.3. The Hall–Kier alpha value is -1.23. The summed E-state index contributed by atoms with van der Waals surface area (Å²) in [7, 11) is 0. The van der Waals surface area contributed by atoms with Gasteiger partial charge in [0.25, 0.3) is 0 Å². The maximum absolute atomic E-state index is 13.3. The number of halogens is 2. The highest BCUT2D eigenvalue weighted by atomic mass is 35.5. The summed E-state index contributed by atoms with van der Waals surface area (Å²) in [6.07, 6.45) is 0. The van der Waals surface area contributed by atoms with E-state index in [1.807, 2.05) is 0 Å². The number of rotatable bonds is 5. The fraction of sp³-hybridized carbons (Fsp3) is 0.154. The third-order valence-corrected chi connectivity index (χ3v) is 3.57. The molecule has 0 atom stereocenters. The molecule has 1 heterocycles. The summed E-state index contributed by atoms with van der Waals surface area (Å²) in [5.41, 5.74) is 0.439. The van der Waals surface area contributed by atoms with Crippen LogP contribution in [0.2, 0.25) is 4.34 Å². The highest BCUT2D eigenvalue weighted by molar-refractivity contribution is 7.18. The van der Waals surface area contributed by atoms with Gasteiger partial charge in [-0.2, -0.15) is 0 Å². The van der Waals surface area contributed by atoms with Gasteiger partial charge in [-0.3, -0.25) is 4.79 Å². The van der Waals surface area contributed by atoms with Crippen LogP contribution in [0.1, 0.15) is 15.2 Å². The zero-order chi connectivity index (χ0) is 13.0. The standard InChI is InChI=1S/C13H10ClFO2S/c14-13-6-5-12(18-13)11(16)8-17-7-9-3-1-2-4-10(9)15/h1-6H,7-8H2. The average molecular weight is 285 g/mol. The fourth-order valence-corrected chi connectivity index (χ4v) is 2.37. The summed E-state index contributed by atoms with van der Waals surface area (Å²) in [4.78, 5) is 12.2. The second-order valence-corrected chi connectivity index (χ2v) is 5.33. The Kier molecular flexibility index (Phi) is 4.47. The fourth-order valence-electron chi connectivity index (χ4n) is 1.40. The third-order valence-electron chi connectivity index (χ3n) is 2.30. The molecule has 0 fully saturated rings. The summed E-state index contributed by atoms with van der Waals surface area (Å²) < 4.78 is 19.0. The normalized spacial score (nSPS) is 10.6. The van der Waals surface area contributed by atoms with E-state index in [0.717, 1.165) is 0 Å². The van der Waals surface area contributed by atoms with Gasteiger partial charge in [0.1, 0.15) is 12.4 Å². The monoisotopic (exact) mass is 284 g/mol. The Bertz CT molecular complexity index is 553. The van der Waals surface area contributed by atoms with Crippen molar-refractivity contribution in [2.75, 3.05) is 6.61 Å². The van der Waals surface area contributed by atoms with Crippen LogP contribution in [0.15, 0.2) is 36.4 Å². The molecule has 18 heavy (non-hydrogen) atoms. The van der Waals surface area contributed by atoms with Gasteiger partial charge in [-0.1, -0.05) is 29.8 Å². The smallest absolute Gasteiger partial charge is 0.198 e. The van der Waals surface area contributed by atoms with Gasteiger partial charge in [-0.25, -0.2) is 4.39 Å². The van der Waals surface area contributed by atoms with Crippen molar-refractivity contribution < 1.29 is 13.9 Å². The zero-order valence-corrected chi connectivity index (χ0v) is 10.9. The lowest BCUT2D eigenvalue weighted by Gasteiger charge is -2.03. The van der Waals surface area contributed by atoms with E-state index in [1.165, 1.54) is 17.4 Å². The molecule has 94 valence electrons. The van der Waals surface area contributed by atoms with Crippen LogP contribution in [0.3, 0.4) is 0 Å². The van der Waals surface area contributed by atoms with Gasteiger partial charge in [0.2, 0.25) is 0 Å². The van der Waals surface area contributed by atoms with Gasteiger partial charge in [0.05, 0.1) is 15.8 Å². The molecule has 0 N–H and O–H groups in total. The minimum Gasteiger partial charge on any atom is -0.368 e. The zero-order valence-electron chi connectivity index (χ0n) is 9.36. The molecule has 0 bridgehead atoms. The predicted octanol–water partition coefficient (Wildman–Crippen LogP) is 3.94. The first-order valence-electron chi connectivity index (χ1n) is 5.26. The van der Waals surface area contributed by atoms with Crippen molar-refractivity contribution in [1.82, 2.24) is 0 Å². The Morgan fingerprint density at radius 1 is 1.28 bits per heavy atom. The highest BCUT2D eigenvalue weighted by Crippen LogP contribution is 2.21. The maximum Gasteiger partial charge on any atom is 0.198 e. The molecule has 0 unspecified atom stereocenters. The SMILES string of the molecule is O=C(COCc1ccccc1F)c1ccc(Cl)s1. The van der Waals surface area contributed by atoms with Crippen molar-refractivity contribution in [3.63, 3.8) is 0 Å². The van der Waals surface area contributed by atoms with Crippen LogP contribution in [0.5, 0.6) is 0 Å². The number of Topliss-reactive ketones (excluding diaryl/α,β-unsaturated/α-hetero) is 1. The predicted molar refractivity (Wildman–Crippen MR) is 69.7 cm³/mol. The van der Waals surface area contributed by atoms with Crippen LogP contribution in [-0.4, -0.2) is 12.4 Å². The minimum atomic E-state index is -0.330. The highest BCUT2D eigenvalue weighted by Gasteiger charge is 2.09. The minimum absolute atomic E-state index is 0.0782. The lowest BCUT2D eigenvalue weighted by Crippen LogP contribution is -2.08. The molecule has 1 aromatic carbocycles. The van der Waals surface area contributed by atoms with Gasteiger partial charge in [-0.15, -0.1) is 11.3 Å². The number of ether oxygens (including phenoxy) is 1. The van der Waals surface area contributed by atoms with Gasteiger partial charge < -0.3 is 4.74 Å². The molecule has 0 spiro atoms. The van der Waals surface area contributed by atoms with Gasteiger partial charge >= 0.3 is 0 Å². The topological polar surface area (TPSA) is 26.3 Å². The van der Waals surface area contributed by atoms with Crippen LogP contribution in [0.25, 0.3) is 0 Å². The molecule has 2 aromatic rings. The average Bonchev–Trinajstić information content (AvgIpc) is 2.78. The van der Waals surface area contributed by atoms with Crippen LogP contribution < -0.4 is 0 Å². The molecule has 1 aromatic heterocycles. The van der Waals surface area contributed by atoms with Crippen molar-refractivity contribution in [2.24, 2.45) is 0 Å². The summed E-state index contributed by atoms with van der Waals surface area (Å²) in [6, 6.07) is 9.64. The van der Waals surface area contributed by atoms with E-state index in [-0.39, 0.29) is 24.8 Å². The van der Waals surface area contributed by atoms with E-state index in [4.69, 9.17) is 16.3 Å². The first-order valence-corrected chi connectivity index (χ1v) is 6.46. The number of carbonyl (C=O) groups is 1. The first-order chi connectivity index (χ1) is 8.66. The molecule has 0 amide bonds. The first kappa shape index (κ1) is 13.2. The lowest BCUT2D eigenvalue weighted by atomic mass is 10.2. The summed E-state index contributed by atoms with van der Waals surface area (Å²) in [5, 5.41) is 0. The van der Waals surface area contributed by atoms with E-state index in [9.17, 15) is 9.18 Å². The molecule has 0 radical (unpaired) electrons. The number of carbonyl (C=O) groups excluding carboxylic acids is 1. The second-order valence-electron chi connectivity index (χ2n) is 3.61. The molecule has 5 heteroatoms. The molecule has 0 aliphatic carbocycles. The van der Waals surface area contributed by atoms with Gasteiger partial charge in [0, 0.05) is 5.56 Å². The Morgan fingerprint density at radius 3 is 2.72 bits per heavy atom. The molecule has 0 saturated carbocycles. The second kappa shape index (κ2) is 6.09. The van der Waals surface area contributed by atoms with Crippen LogP contribution in [0.4, 0.5) is 4.39 Å². The summed E-state index contributed by atoms with van der Waals surface area (Å²) >= 11 is 6.94. The van der Waals surface area contributed by atoms with Crippen molar-refractivity contribution in [3.8, 4) is 0 Å². The van der Waals surface area contributed by atoms with Crippen molar-refractivity contribution in [3.05, 3.63) is 57.0 Å². The Morgan fingerprint density at radius 2 is 2.06 bits per heavy atom. The summed E-state index contributed by atoms with van der Waals surface area (Å²) in [6.45, 7) is 0.00268. The third kappa shape index (κ3) is 3.38. The van der Waals surface area contributed by atoms with Crippen molar-refractivity contribution >= 4 is 28.7 Å². The molecule has 0 aliphatic rings. The number of ketones is 1. The van der Waals surface area contributed by atoms with E-state index in [1.54, 1.807) is 30.3 Å². The van der Waals surface area contributed by atoms with Crippen LogP contribution in [0, 0.1) is 5.82 Å². The largest absolute Gasteiger partial charge is 0.368 e. The lowest BCUT2D eigenvalue weighted by molar-refractivity contribution is 0.0725. The van der Waals surface area contributed by atoms with Crippen LogP contribution >= 0.6 is 22.9 Å². The van der Waals surface area contributed by atoms with E-state index < -0.39 is 0 Å². The van der Waals surface area contributed by atoms with Gasteiger partial charge in [0.15, 0.2) is 5.78 Å². The van der Waals surface area contributed by atoms with E-state index in [2.05, 4.69) is 0 Å². The number of thiophene rings is 1. The van der Waals surface area contributed by atoms with Crippen molar-refractivity contribution in [1.29, 1.82) is 0 Å². The van der Waals surface area contributed by atoms with Crippen molar-refractivity contribution in [2.45, 2.75) is 6.61 Å². The number of hydrogen-bond donors (Lipinski definition) is 0. The molecule has 0 saturated heterocycles. The quantitative estimate of drug-likeness (QED) is 0.778. The molecular formula is C13H10ClFO2S. The number of hydrogen-bond acceptors (Lipinski definition) is 3. The molecular weight excluding hydrogens is 275 g/mol. The van der Waals surface area contributed by atoms with E-state index in [0.29, 0.717) is 14.8 Å². The Labute approximate surface area is 113 Å². The Balaban J connectivity index is 1.86. The van der Waals surface area contributed by atoms with E-state index >= 15 is 0 Å².